The molecule has 1 aromatic carbocycles. The molecule has 5 heteroatoms. The summed E-state index contributed by atoms with van der Waals surface area (Å²) in [7, 11) is 1.91. The molecule has 2 aromatic heterocycles. The number of fused-ring (bicyclic) bond motifs is 1. The largest absolute Gasteiger partial charge is 0.423 e. The normalized spacial score (nSPS) is 10.7. The maximum Gasteiger partial charge on any atom is 0.286 e. The number of hydrogen-bond acceptors (Lipinski definition) is 4. The van der Waals surface area contributed by atoms with Crippen LogP contribution in [0.25, 0.3) is 11.0 Å². The molecule has 0 aliphatic carbocycles. The molecule has 0 saturated heterocycles. The Morgan fingerprint density at radius 2 is 1.95 bits per heavy atom. The highest BCUT2D eigenvalue weighted by Gasteiger charge is 2.12. The third-order valence-corrected chi connectivity index (χ3v) is 3.41. The van der Waals surface area contributed by atoms with Crippen LogP contribution >= 0.6 is 0 Å². The number of benzene rings is 1. The number of aromatic nitrogens is 2. The van der Waals surface area contributed by atoms with Gasteiger partial charge >= 0.3 is 0 Å². The van der Waals surface area contributed by atoms with E-state index < -0.39 is 5.56 Å². The number of nitrogens with zero attached hydrogens (tertiary/aromatic N) is 3. The Labute approximate surface area is 121 Å². The van der Waals surface area contributed by atoms with Crippen LogP contribution in [-0.2, 0) is 6.54 Å². The molecule has 3 rings (SSSR count). The van der Waals surface area contributed by atoms with Crippen molar-refractivity contribution in [3.05, 3.63) is 70.6 Å². The molecule has 0 unspecified atom stereocenters. The lowest BCUT2D eigenvalue weighted by molar-refractivity contribution is 0.187. The summed E-state index contributed by atoms with van der Waals surface area (Å²) in [5.41, 5.74) is 1.67. The van der Waals surface area contributed by atoms with Gasteiger partial charge in [-0.1, -0.05) is 30.3 Å². The number of pyridine rings is 2. The molecule has 0 aliphatic heterocycles. The Kier molecular flexibility index (Phi) is 3.31. The minimum Gasteiger partial charge on any atom is -0.423 e. The van der Waals surface area contributed by atoms with Gasteiger partial charge in [0.05, 0.1) is 5.69 Å². The molecule has 0 amide bonds. The summed E-state index contributed by atoms with van der Waals surface area (Å²) in [6.45, 7) is 0.666. The first kappa shape index (κ1) is 13.2. The molecule has 1 N–H and O–H groups in total. The lowest BCUT2D eigenvalue weighted by Crippen LogP contribution is -2.23. The van der Waals surface area contributed by atoms with E-state index in [4.69, 9.17) is 0 Å². The van der Waals surface area contributed by atoms with Crippen molar-refractivity contribution in [2.45, 2.75) is 6.54 Å². The zero-order chi connectivity index (χ0) is 14.8. The van der Waals surface area contributed by atoms with Gasteiger partial charge in [-0.05, 0) is 17.7 Å². The minimum atomic E-state index is -0.490. The third kappa shape index (κ3) is 2.45. The fourth-order valence-corrected chi connectivity index (χ4v) is 2.38. The van der Waals surface area contributed by atoms with Gasteiger partial charge in [-0.3, -0.25) is 4.79 Å². The van der Waals surface area contributed by atoms with Crippen molar-refractivity contribution < 1.29 is 5.21 Å². The molecule has 21 heavy (non-hydrogen) atoms. The molecule has 0 bridgehead atoms. The Morgan fingerprint density at radius 3 is 2.71 bits per heavy atom. The van der Waals surface area contributed by atoms with Crippen molar-refractivity contribution in [2.75, 3.05) is 11.9 Å². The van der Waals surface area contributed by atoms with Crippen molar-refractivity contribution in [1.82, 2.24) is 9.71 Å². The van der Waals surface area contributed by atoms with Crippen molar-refractivity contribution in [1.29, 1.82) is 0 Å². The van der Waals surface area contributed by atoms with Gasteiger partial charge in [0.25, 0.3) is 5.56 Å². The van der Waals surface area contributed by atoms with E-state index >= 15 is 0 Å². The highest BCUT2D eigenvalue weighted by molar-refractivity contribution is 5.89. The van der Waals surface area contributed by atoms with Gasteiger partial charge in [-0.15, -0.1) is 4.73 Å². The molecule has 0 atom stereocenters. The lowest BCUT2D eigenvalue weighted by Gasteiger charge is -2.21. The second-order valence-electron chi connectivity index (χ2n) is 4.90. The summed E-state index contributed by atoms with van der Waals surface area (Å²) in [6, 6.07) is 15.0. The molecule has 5 nitrogen and oxygen atoms in total. The summed E-state index contributed by atoms with van der Waals surface area (Å²) in [5.74, 6) is 0. The predicted molar refractivity (Wildman–Crippen MR) is 81.7 cm³/mol. The Balaban J connectivity index is 2.08. The van der Waals surface area contributed by atoms with Crippen LogP contribution in [0.15, 0.2) is 59.5 Å². The molecule has 3 aromatic rings. The predicted octanol–water partition coefficient (Wildman–Crippen LogP) is 2.27. The van der Waals surface area contributed by atoms with Gasteiger partial charge in [0.1, 0.15) is 0 Å². The second kappa shape index (κ2) is 5.28. The van der Waals surface area contributed by atoms with Crippen LogP contribution in [0.5, 0.6) is 0 Å². The monoisotopic (exact) mass is 281 g/mol. The van der Waals surface area contributed by atoms with Gasteiger partial charge in [0, 0.05) is 31.2 Å². The summed E-state index contributed by atoms with van der Waals surface area (Å²) < 4.78 is 0.579. The molecular weight excluding hydrogens is 266 g/mol. The van der Waals surface area contributed by atoms with Gasteiger partial charge < -0.3 is 10.1 Å². The van der Waals surface area contributed by atoms with E-state index in [1.165, 1.54) is 6.07 Å². The van der Waals surface area contributed by atoms with Gasteiger partial charge in [0.2, 0.25) is 0 Å². The van der Waals surface area contributed by atoms with E-state index in [1.54, 1.807) is 12.3 Å². The van der Waals surface area contributed by atoms with E-state index in [9.17, 15) is 10.0 Å². The Bertz CT molecular complexity index is 828. The van der Waals surface area contributed by atoms with Crippen LogP contribution in [0.2, 0.25) is 0 Å². The first-order valence-electron chi connectivity index (χ1n) is 6.62. The average molecular weight is 281 g/mol. The van der Waals surface area contributed by atoms with E-state index in [1.807, 2.05) is 48.3 Å². The van der Waals surface area contributed by atoms with Crippen molar-refractivity contribution in [3.63, 3.8) is 0 Å². The van der Waals surface area contributed by atoms with E-state index in [2.05, 4.69) is 4.98 Å². The van der Waals surface area contributed by atoms with Crippen LogP contribution in [0.1, 0.15) is 5.56 Å². The van der Waals surface area contributed by atoms with Crippen molar-refractivity contribution in [3.8, 4) is 0 Å². The zero-order valence-electron chi connectivity index (χ0n) is 11.6. The Hall–Kier alpha value is -2.82. The quantitative estimate of drug-likeness (QED) is 0.748. The van der Waals surface area contributed by atoms with Crippen LogP contribution in [0.4, 0.5) is 5.69 Å². The van der Waals surface area contributed by atoms with Crippen molar-refractivity contribution >= 4 is 16.7 Å². The van der Waals surface area contributed by atoms with Crippen LogP contribution < -0.4 is 10.5 Å². The summed E-state index contributed by atoms with van der Waals surface area (Å²) >= 11 is 0. The first-order valence-corrected chi connectivity index (χ1v) is 6.62. The van der Waals surface area contributed by atoms with Gasteiger partial charge in [-0.25, -0.2) is 4.98 Å². The maximum absolute atomic E-state index is 11.9. The standard InChI is InChI=1S/C16H15N3O2/c1-18(11-12-6-3-2-4-7-12)14-10-15(20)19(21)16-13(14)8-5-9-17-16/h2-10,21H,11H2,1H3. The fourth-order valence-electron chi connectivity index (χ4n) is 2.38. The van der Waals surface area contributed by atoms with E-state index in [0.29, 0.717) is 11.3 Å². The molecule has 2 heterocycles. The molecule has 0 fully saturated rings. The smallest absolute Gasteiger partial charge is 0.286 e. The molecule has 0 aliphatic rings. The third-order valence-electron chi connectivity index (χ3n) is 3.41. The first-order chi connectivity index (χ1) is 10.2. The van der Waals surface area contributed by atoms with Crippen LogP contribution in [-0.4, -0.2) is 22.0 Å². The molecule has 0 saturated carbocycles. The van der Waals surface area contributed by atoms with Crippen molar-refractivity contribution in [2.24, 2.45) is 0 Å². The second-order valence-corrected chi connectivity index (χ2v) is 4.90. The molecular formula is C16H15N3O2. The highest BCUT2D eigenvalue weighted by atomic mass is 16.5. The number of rotatable bonds is 3. The summed E-state index contributed by atoms with van der Waals surface area (Å²) in [6.07, 6.45) is 1.55. The van der Waals surface area contributed by atoms with Gasteiger partial charge in [0.15, 0.2) is 5.65 Å². The minimum absolute atomic E-state index is 0.264. The number of anilines is 1. The summed E-state index contributed by atoms with van der Waals surface area (Å²) in [5, 5.41) is 10.5. The fraction of sp³-hybridized carbons (Fsp3) is 0.125. The van der Waals surface area contributed by atoms with Crippen LogP contribution in [0.3, 0.4) is 0 Å². The highest BCUT2D eigenvalue weighted by Crippen LogP contribution is 2.23. The Morgan fingerprint density at radius 1 is 1.19 bits per heavy atom. The van der Waals surface area contributed by atoms with E-state index in [-0.39, 0.29) is 5.65 Å². The van der Waals surface area contributed by atoms with Crippen LogP contribution in [0, 0.1) is 0 Å². The zero-order valence-corrected chi connectivity index (χ0v) is 11.6. The lowest BCUT2D eigenvalue weighted by atomic mass is 10.2. The molecule has 106 valence electrons. The maximum atomic E-state index is 11.9. The topological polar surface area (TPSA) is 58.4 Å². The summed E-state index contributed by atoms with van der Waals surface area (Å²) in [4.78, 5) is 17.9. The number of hydrogen-bond donors (Lipinski definition) is 1. The van der Waals surface area contributed by atoms with E-state index in [0.717, 1.165) is 16.6 Å². The average Bonchev–Trinajstić information content (AvgIpc) is 2.52. The molecule has 0 spiro atoms. The van der Waals surface area contributed by atoms with Gasteiger partial charge in [-0.2, -0.15) is 0 Å². The SMILES string of the molecule is CN(Cc1ccccc1)c1cc(=O)n(O)c2ncccc12. The molecule has 0 radical (unpaired) electrons.